The van der Waals surface area contributed by atoms with Crippen molar-refractivity contribution in [3.8, 4) is 0 Å². The van der Waals surface area contributed by atoms with Gasteiger partial charge in [0.15, 0.2) is 0 Å². The third-order valence-electron chi connectivity index (χ3n) is 4.77. The number of nitrogens with two attached hydrogens (primary N) is 2. The molecule has 4 nitrogen and oxygen atoms in total. The largest absolute Gasteiger partial charge is 0.393 e. The Morgan fingerprint density at radius 1 is 0.955 bits per heavy atom. The van der Waals surface area contributed by atoms with E-state index in [2.05, 4.69) is 6.92 Å². The van der Waals surface area contributed by atoms with Gasteiger partial charge in [0.05, 0.1) is 12.2 Å². The monoisotopic (exact) mass is 314 g/mol. The van der Waals surface area contributed by atoms with Crippen LogP contribution in [0.25, 0.3) is 0 Å². The predicted molar refractivity (Wildman–Crippen MR) is 92.8 cm³/mol. The molecule has 132 valence electrons. The molecule has 0 aromatic carbocycles. The van der Waals surface area contributed by atoms with E-state index in [1.807, 2.05) is 0 Å². The molecule has 1 saturated carbocycles. The quantitative estimate of drug-likeness (QED) is 0.483. The molecule has 0 spiro atoms. The minimum Gasteiger partial charge on any atom is -0.393 e. The van der Waals surface area contributed by atoms with Crippen molar-refractivity contribution in [2.24, 2.45) is 11.5 Å². The van der Waals surface area contributed by atoms with Gasteiger partial charge in [-0.15, -0.1) is 0 Å². The molecular formula is C18H38N2O2. The third-order valence-corrected chi connectivity index (χ3v) is 4.77. The van der Waals surface area contributed by atoms with E-state index >= 15 is 0 Å². The summed E-state index contributed by atoms with van der Waals surface area (Å²) in [5.74, 6) is 0. The molecule has 1 rings (SSSR count). The Morgan fingerprint density at radius 2 is 1.59 bits per heavy atom. The smallest absolute Gasteiger partial charge is 0.0577 e. The number of unbranched alkanes of at least 4 members (excludes halogenated alkanes) is 4. The second-order valence-corrected chi connectivity index (χ2v) is 7.05. The summed E-state index contributed by atoms with van der Waals surface area (Å²) in [6.45, 7) is 2.97. The normalized spacial score (nSPS) is 25.1. The fourth-order valence-electron chi connectivity index (χ4n) is 3.23. The summed E-state index contributed by atoms with van der Waals surface area (Å²) in [6.07, 6.45) is 13.3. The molecule has 2 atom stereocenters. The van der Waals surface area contributed by atoms with Crippen LogP contribution in [0.1, 0.15) is 84.0 Å². The van der Waals surface area contributed by atoms with Crippen molar-refractivity contribution < 1.29 is 9.84 Å². The molecule has 22 heavy (non-hydrogen) atoms. The van der Waals surface area contributed by atoms with E-state index in [9.17, 15) is 5.11 Å². The highest BCUT2D eigenvalue weighted by Crippen LogP contribution is 2.21. The van der Waals surface area contributed by atoms with Crippen LogP contribution in [0.4, 0.5) is 0 Å². The molecule has 0 radical (unpaired) electrons. The van der Waals surface area contributed by atoms with Gasteiger partial charge < -0.3 is 21.3 Å². The van der Waals surface area contributed by atoms with Crippen molar-refractivity contribution in [1.82, 2.24) is 0 Å². The molecule has 0 aromatic heterocycles. The van der Waals surface area contributed by atoms with Gasteiger partial charge in [0.25, 0.3) is 0 Å². The SMILES string of the molecule is CCCCCCCC(N)CC(N)CCOC1CCC(O)CC1. The lowest BCUT2D eigenvalue weighted by atomic mass is 9.95. The lowest BCUT2D eigenvalue weighted by molar-refractivity contribution is -0.00567. The molecule has 0 aromatic rings. The van der Waals surface area contributed by atoms with Gasteiger partial charge in [0.2, 0.25) is 0 Å². The van der Waals surface area contributed by atoms with Gasteiger partial charge in [0, 0.05) is 18.7 Å². The maximum atomic E-state index is 9.47. The molecule has 1 fully saturated rings. The average Bonchev–Trinajstić information content (AvgIpc) is 2.49. The molecule has 0 bridgehead atoms. The van der Waals surface area contributed by atoms with Crippen LogP contribution in [0, 0.1) is 0 Å². The standard InChI is InChI=1S/C18H38N2O2/c1-2-3-4-5-6-7-15(19)14-16(20)12-13-22-18-10-8-17(21)9-11-18/h15-18,21H,2-14,19-20H2,1H3. The maximum Gasteiger partial charge on any atom is 0.0577 e. The van der Waals surface area contributed by atoms with Gasteiger partial charge in [0.1, 0.15) is 0 Å². The maximum absolute atomic E-state index is 9.47. The van der Waals surface area contributed by atoms with Crippen LogP contribution in [-0.4, -0.2) is 36.0 Å². The highest BCUT2D eigenvalue weighted by molar-refractivity contribution is 4.73. The van der Waals surface area contributed by atoms with Crippen molar-refractivity contribution in [3.05, 3.63) is 0 Å². The average molecular weight is 315 g/mol. The van der Waals surface area contributed by atoms with Gasteiger partial charge >= 0.3 is 0 Å². The Hall–Kier alpha value is -0.160. The van der Waals surface area contributed by atoms with E-state index in [1.54, 1.807) is 0 Å². The van der Waals surface area contributed by atoms with E-state index < -0.39 is 0 Å². The summed E-state index contributed by atoms with van der Waals surface area (Å²) in [5.41, 5.74) is 12.3. The second-order valence-electron chi connectivity index (χ2n) is 7.05. The van der Waals surface area contributed by atoms with Gasteiger partial charge in [-0.05, 0) is 44.9 Å². The molecule has 0 heterocycles. The first-order valence-electron chi connectivity index (χ1n) is 9.42. The summed E-state index contributed by atoms with van der Waals surface area (Å²) in [5, 5.41) is 9.47. The number of aliphatic hydroxyl groups is 1. The van der Waals surface area contributed by atoms with Gasteiger partial charge in [-0.25, -0.2) is 0 Å². The Balaban J connectivity index is 1.96. The van der Waals surface area contributed by atoms with E-state index in [-0.39, 0.29) is 18.2 Å². The van der Waals surface area contributed by atoms with Crippen LogP contribution in [0.5, 0.6) is 0 Å². The fourth-order valence-corrected chi connectivity index (χ4v) is 3.23. The minimum atomic E-state index is -0.113. The first-order chi connectivity index (χ1) is 10.6. The molecule has 0 saturated heterocycles. The van der Waals surface area contributed by atoms with Crippen molar-refractivity contribution in [1.29, 1.82) is 0 Å². The topological polar surface area (TPSA) is 81.5 Å². The van der Waals surface area contributed by atoms with E-state index in [0.29, 0.717) is 6.10 Å². The molecule has 2 unspecified atom stereocenters. The third kappa shape index (κ3) is 9.78. The van der Waals surface area contributed by atoms with Crippen LogP contribution in [0.3, 0.4) is 0 Å². The van der Waals surface area contributed by atoms with Gasteiger partial charge in [-0.2, -0.15) is 0 Å². The predicted octanol–water partition coefficient (Wildman–Crippen LogP) is 3.10. The van der Waals surface area contributed by atoms with E-state index in [1.165, 1.54) is 32.1 Å². The Morgan fingerprint density at radius 3 is 2.27 bits per heavy atom. The molecule has 0 aliphatic heterocycles. The Bertz CT molecular complexity index is 255. The summed E-state index contributed by atoms with van der Waals surface area (Å²) in [7, 11) is 0. The Labute approximate surface area is 137 Å². The van der Waals surface area contributed by atoms with Crippen LogP contribution in [0.2, 0.25) is 0 Å². The van der Waals surface area contributed by atoms with Crippen LogP contribution < -0.4 is 11.5 Å². The lowest BCUT2D eigenvalue weighted by Crippen LogP contribution is -2.33. The van der Waals surface area contributed by atoms with Crippen molar-refractivity contribution in [2.45, 2.75) is 108 Å². The van der Waals surface area contributed by atoms with Crippen LogP contribution in [-0.2, 0) is 4.74 Å². The van der Waals surface area contributed by atoms with Crippen molar-refractivity contribution in [2.75, 3.05) is 6.61 Å². The van der Waals surface area contributed by atoms with E-state index in [0.717, 1.165) is 51.6 Å². The lowest BCUT2D eigenvalue weighted by Gasteiger charge is -2.26. The summed E-state index contributed by atoms with van der Waals surface area (Å²) in [4.78, 5) is 0. The van der Waals surface area contributed by atoms with Crippen molar-refractivity contribution in [3.63, 3.8) is 0 Å². The Kier molecular flexibility index (Phi) is 11.1. The zero-order valence-electron chi connectivity index (χ0n) is 14.5. The molecular weight excluding hydrogens is 276 g/mol. The molecule has 1 aliphatic carbocycles. The number of aliphatic hydroxyl groups excluding tert-OH is 1. The number of rotatable bonds is 12. The molecule has 1 aliphatic rings. The van der Waals surface area contributed by atoms with Crippen LogP contribution >= 0.6 is 0 Å². The zero-order chi connectivity index (χ0) is 16.2. The fraction of sp³-hybridized carbons (Fsp3) is 1.00. The van der Waals surface area contributed by atoms with Gasteiger partial charge in [-0.3, -0.25) is 0 Å². The summed E-state index contributed by atoms with van der Waals surface area (Å²) >= 11 is 0. The highest BCUT2D eigenvalue weighted by Gasteiger charge is 2.20. The number of hydrogen-bond donors (Lipinski definition) is 3. The zero-order valence-corrected chi connectivity index (χ0v) is 14.5. The van der Waals surface area contributed by atoms with Crippen molar-refractivity contribution >= 4 is 0 Å². The first-order valence-corrected chi connectivity index (χ1v) is 9.42. The second kappa shape index (κ2) is 12.3. The molecule has 0 amide bonds. The number of hydrogen-bond acceptors (Lipinski definition) is 4. The van der Waals surface area contributed by atoms with E-state index in [4.69, 9.17) is 16.2 Å². The first kappa shape index (κ1) is 19.9. The number of ether oxygens (including phenoxy) is 1. The summed E-state index contributed by atoms with van der Waals surface area (Å²) < 4.78 is 5.88. The minimum absolute atomic E-state index is 0.113. The summed E-state index contributed by atoms with van der Waals surface area (Å²) in [6, 6.07) is 0.390. The van der Waals surface area contributed by atoms with Crippen LogP contribution in [0.15, 0.2) is 0 Å². The molecule has 5 N–H and O–H groups in total. The molecule has 4 heteroatoms. The highest BCUT2D eigenvalue weighted by atomic mass is 16.5. The van der Waals surface area contributed by atoms with Gasteiger partial charge in [-0.1, -0.05) is 39.0 Å².